The topological polar surface area (TPSA) is 102 Å². The average Bonchev–Trinajstić information content (AvgIpc) is 3.51. The van der Waals surface area contributed by atoms with Crippen molar-refractivity contribution in [3.05, 3.63) is 127 Å². The molecular formula is C28H26ClN5O2. The van der Waals surface area contributed by atoms with Crippen molar-refractivity contribution >= 4 is 34.1 Å². The number of aromatic nitrogens is 5. The first-order valence-electron chi connectivity index (χ1n) is 11.6. The SMILES string of the molecule is Cc1[nH][nH]c(=O)c1C(c1c(C)[nH][nH]c1=O)c1cn(Cc2cccc3ccccc23)c2ccccc12.Cl. The van der Waals surface area contributed by atoms with E-state index in [0.29, 0.717) is 29.1 Å². The van der Waals surface area contributed by atoms with Crippen molar-refractivity contribution in [3.63, 3.8) is 0 Å². The van der Waals surface area contributed by atoms with E-state index in [1.165, 1.54) is 16.3 Å². The van der Waals surface area contributed by atoms with E-state index < -0.39 is 5.92 Å². The molecule has 4 N–H and O–H groups in total. The number of halogens is 1. The fourth-order valence-corrected chi connectivity index (χ4v) is 5.31. The number of aryl methyl sites for hydroxylation is 2. The van der Waals surface area contributed by atoms with Crippen LogP contribution in [0.1, 0.15) is 39.6 Å². The first-order chi connectivity index (χ1) is 17.0. The summed E-state index contributed by atoms with van der Waals surface area (Å²) in [6.07, 6.45) is 2.09. The summed E-state index contributed by atoms with van der Waals surface area (Å²) in [7, 11) is 0. The van der Waals surface area contributed by atoms with E-state index in [9.17, 15) is 9.59 Å². The molecule has 3 aromatic carbocycles. The normalized spacial score (nSPS) is 11.4. The highest BCUT2D eigenvalue weighted by atomic mass is 35.5. The van der Waals surface area contributed by atoms with Crippen molar-refractivity contribution in [1.29, 1.82) is 0 Å². The van der Waals surface area contributed by atoms with Crippen LogP contribution in [-0.4, -0.2) is 25.0 Å². The van der Waals surface area contributed by atoms with E-state index in [1.54, 1.807) is 0 Å². The van der Waals surface area contributed by atoms with Crippen molar-refractivity contribution in [2.24, 2.45) is 0 Å². The van der Waals surface area contributed by atoms with Gasteiger partial charge in [-0.15, -0.1) is 12.4 Å². The summed E-state index contributed by atoms with van der Waals surface area (Å²) in [6.45, 7) is 4.37. The van der Waals surface area contributed by atoms with E-state index >= 15 is 0 Å². The molecule has 0 fully saturated rings. The molecule has 8 heteroatoms. The predicted octanol–water partition coefficient (Wildman–Crippen LogP) is 5.09. The number of aromatic amines is 4. The van der Waals surface area contributed by atoms with Crippen LogP contribution in [0.4, 0.5) is 0 Å². The largest absolute Gasteiger partial charge is 0.343 e. The number of hydrogen-bond donors (Lipinski definition) is 4. The summed E-state index contributed by atoms with van der Waals surface area (Å²) in [4.78, 5) is 25.9. The maximum absolute atomic E-state index is 12.9. The number of hydrogen-bond acceptors (Lipinski definition) is 2. The monoisotopic (exact) mass is 499 g/mol. The van der Waals surface area contributed by atoms with E-state index in [2.05, 4.69) is 79.7 Å². The van der Waals surface area contributed by atoms with Crippen LogP contribution in [0.2, 0.25) is 0 Å². The zero-order valence-corrected chi connectivity index (χ0v) is 20.7. The molecule has 6 rings (SSSR count). The van der Waals surface area contributed by atoms with Crippen LogP contribution in [0, 0.1) is 13.8 Å². The van der Waals surface area contributed by atoms with Gasteiger partial charge < -0.3 is 14.8 Å². The third kappa shape index (κ3) is 3.69. The highest BCUT2D eigenvalue weighted by Crippen LogP contribution is 2.37. The van der Waals surface area contributed by atoms with E-state index in [-0.39, 0.29) is 23.5 Å². The Morgan fingerprint density at radius 2 is 1.31 bits per heavy atom. The van der Waals surface area contributed by atoms with Crippen LogP contribution in [0.25, 0.3) is 21.7 Å². The van der Waals surface area contributed by atoms with Crippen molar-refractivity contribution in [2.45, 2.75) is 26.3 Å². The van der Waals surface area contributed by atoms with Gasteiger partial charge in [0, 0.05) is 35.0 Å². The minimum Gasteiger partial charge on any atom is -0.343 e. The fraction of sp³-hybridized carbons (Fsp3) is 0.143. The lowest BCUT2D eigenvalue weighted by Gasteiger charge is -2.15. The van der Waals surface area contributed by atoms with Gasteiger partial charge in [0.25, 0.3) is 11.1 Å². The van der Waals surface area contributed by atoms with Gasteiger partial charge in [-0.1, -0.05) is 60.7 Å². The smallest absolute Gasteiger partial charge is 0.268 e. The molecule has 0 unspecified atom stereocenters. The van der Waals surface area contributed by atoms with E-state index in [0.717, 1.165) is 16.5 Å². The van der Waals surface area contributed by atoms with Crippen molar-refractivity contribution in [1.82, 2.24) is 25.0 Å². The maximum atomic E-state index is 12.9. The third-order valence-electron chi connectivity index (χ3n) is 6.95. The molecule has 0 aliphatic heterocycles. The lowest BCUT2D eigenvalue weighted by molar-refractivity contribution is 0.828. The van der Waals surface area contributed by atoms with Crippen LogP contribution in [0.5, 0.6) is 0 Å². The number of fused-ring (bicyclic) bond motifs is 2. The molecule has 0 saturated heterocycles. The second-order valence-corrected chi connectivity index (χ2v) is 9.04. The Bertz CT molecular complexity index is 1760. The van der Waals surface area contributed by atoms with Gasteiger partial charge in [-0.3, -0.25) is 19.8 Å². The first-order valence-corrected chi connectivity index (χ1v) is 11.6. The Kier molecular flexibility index (Phi) is 5.94. The Hall–Kier alpha value is -4.23. The van der Waals surface area contributed by atoms with Gasteiger partial charge in [0.1, 0.15) is 0 Å². The minimum absolute atomic E-state index is 0. The molecule has 36 heavy (non-hydrogen) atoms. The summed E-state index contributed by atoms with van der Waals surface area (Å²) in [5, 5.41) is 14.7. The summed E-state index contributed by atoms with van der Waals surface area (Å²) in [5.41, 5.74) is 5.25. The number of para-hydroxylation sites is 1. The first kappa shape index (κ1) is 23.5. The van der Waals surface area contributed by atoms with Gasteiger partial charge in [-0.2, -0.15) is 0 Å². The molecule has 0 amide bonds. The zero-order valence-electron chi connectivity index (χ0n) is 19.9. The van der Waals surface area contributed by atoms with Gasteiger partial charge >= 0.3 is 0 Å². The van der Waals surface area contributed by atoms with E-state index in [4.69, 9.17) is 0 Å². The van der Waals surface area contributed by atoms with Crippen LogP contribution >= 0.6 is 12.4 Å². The number of nitrogens with zero attached hydrogens (tertiary/aromatic N) is 1. The van der Waals surface area contributed by atoms with Gasteiger partial charge in [-0.05, 0) is 41.8 Å². The van der Waals surface area contributed by atoms with Gasteiger partial charge in [0.05, 0.1) is 17.0 Å². The molecule has 0 aliphatic rings. The molecule has 3 heterocycles. The molecule has 0 aliphatic carbocycles. The standard InChI is InChI=1S/C28H25N5O2.ClH/c1-16-24(27(34)31-29-16)26(25-17(2)30-32-28(25)35)22-15-33(23-13-6-5-12-21(22)23)14-19-10-7-9-18-8-3-4-11-20(18)19;/h3-13,15,26H,14H2,1-2H3,(H2,29,31,34)(H2,30,32,35);1H. The Morgan fingerprint density at radius 3 is 1.94 bits per heavy atom. The second-order valence-electron chi connectivity index (χ2n) is 9.04. The molecule has 0 atom stereocenters. The van der Waals surface area contributed by atoms with Crippen LogP contribution < -0.4 is 11.1 Å². The van der Waals surface area contributed by atoms with Crippen molar-refractivity contribution in [2.75, 3.05) is 0 Å². The van der Waals surface area contributed by atoms with E-state index in [1.807, 2.05) is 32.0 Å². The average molecular weight is 500 g/mol. The Morgan fingerprint density at radius 1 is 0.722 bits per heavy atom. The predicted molar refractivity (Wildman–Crippen MR) is 145 cm³/mol. The molecule has 7 nitrogen and oxygen atoms in total. The second kappa shape index (κ2) is 9.09. The zero-order chi connectivity index (χ0) is 24.1. The summed E-state index contributed by atoms with van der Waals surface area (Å²) in [6, 6.07) is 22.9. The molecule has 6 aromatic rings. The molecule has 182 valence electrons. The number of rotatable bonds is 5. The highest BCUT2D eigenvalue weighted by molar-refractivity contribution is 5.88. The Balaban J connectivity index is 0.00000267. The molecule has 0 spiro atoms. The summed E-state index contributed by atoms with van der Waals surface area (Å²) < 4.78 is 2.21. The highest BCUT2D eigenvalue weighted by Gasteiger charge is 2.30. The molecule has 0 saturated carbocycles. The van der Waals surface area contributed by atoms with Crippen molar-refractivity contribution < 1.29 is 0 Å². The molecule has 0 bridgehead atoms. The van der Waals surface area contributed by atoms with Crippen LogP contribution in [0.15, 0.2) is 82.5 Å². The lowest BCUT2D eigenvalue weighted by Crippen LogP contribution is -2.20. The van der Waals surface area contributed by atoms with Crippen molar-refractivity contribution in [3.8, 4) is 0 Å². The van der Waals surface area contributed by atoms with Crippen LogP contribution in [0.3, 0.4) is 0 Å². The lowest BCUT2D eigenvalue weighted by atomic mass is 9.85. The summed E-state index contributed by atoms with van der Waals surface area (Å²) in [5.74, 6) is -0.529. The molecule has 0 radical (unpaired) electrons. The van der Waals surface area contributed by atoms with Gasteiger partial charge in [0.15, 0.2) is 0 Å². The number of benzene rings is 3. The minimum atomic E-state index is -0.529. The third-order valence-corrected chi connectivity index (χ3v) is 6.95. The molecular weight excluding hydrogens is 474 g/mol. The fourth-order valence-electron chi connectivity index (χ4n) is 5.31. The number of H-pyrrole nitrogens is 4. The number of nitrogens with one attached hydrogen (secondary N) is 4. The Labute approximate surface area is 212 Å². The van der Waals surface area contributed by atoms with Crippen LogP contribution in [-0.2, 0) is 6.54 Å². The molecule has 3 aromatic heterocycles. The van der Waals surface area contributed by atoms with Gasteiger partial charge in [0.2, 0.25) is 0 Å². The summed E-state index contributed by atoms with van der Waals surface area (Å²) >= 11 is 0. The maximum Gasteiger partial charge on any atom is 0.268 e. The quantitative estimate of drug-likeness (QED) is 0.265. The van der Waals surface area contributed by atoms with Gasteiger partial charge in [-0.25, -0.2) is 0 Å².